The summed E-state index contributed by atoms with van der Waals surface area (Å²) in [6, 6.07) is 7.10. The highest BCUT2D eigenvalue weighted by atomic mass is 16.3. The molecule has 4 heterocycles. The SMILES string of the molecule is CCCN1C(=O)c2n[nH]c(-c3ccco3)c2C1c1ccco1. The van der Waals surface area contributed by atoms with Gasteiger partial charge in [-0.2, -0.15) is 5.10 Å². The van der Waals surface area contributed by atoms with Gasteiger partial charge in [-0.1, -0.05) is 6.92 Å². The first-order valence-electron chi connectivity index (χ1n) is 7.27. The summed E-state index contributed by atoms with van der Waals surface area (Å²) in [7, 11) is 0. The average Bonchev–Trinajstić information content (AvgIpc) is 3.26. The van der Waals surface area contributed by atoms with Gasteiger partial charge in [0.25, 0.3) is 5.91 Å². The number of furan rings is 2. The number of hydrogen-bond acceptors (Lipinski definition) is 4. The van der Waals surface area contributed by atoms with Crippen molar-refractivity contribution in [3.05, 3.63) is 53.8 Å². The van der Waals surface area contributed by atoms with Crippen LogP contribution in [0.4, 0.5) is 0 Å². The Hall–Kier alpha value is -2.76. The van der Waals surface area contributed by atoms with E-state index in [2.05, 4.69) is 10.2 Å². The highest BCUT2D eigenvalue weighted by Crippen LogP contribution is 2.42. The molecule has 0 saturated carbocycles. The lowest BCUT2D eigenvalue weighted by molar-refractivity contribution is 0.0730. The third-order valence-electron chi connectivity index (χ3n) is 3.90. The van der Waals surface area contributed by atoms with E-state index in [0.717, 1.165) is 23.4 Å². The van der Waals surface area contributed by atoms with Crippen LogP contribution in [0.5, 0.6) is 0 Å². The van der Waals surface area contributed by atoms with Crippen molar-refractivity contribution in [3.63, 3.8) is 0 Å². The van der Waals surface area contributed by atoms with E-state index in [9.17, 15) is 4.79 Å². The van der Waals surface area contributed by atoms with Crippen LogP contribution in [0, 0.1) is 0 Å². The summed E-state index contributed by atoms with van der Waals surface area (Å²) in [6.07, 6.45) is 4.09. The second-order valence-electron chi connectivity index (χ2n) is 5.25. The summed E-state index contributed by atoms with van der Waals surface area (Å²) >= 11 is 0. The molecular weight excluding hydrogens is 282 g/mol. The number of hydrogen-bond donors (Lipinski definition) is 1. The van der Waals surface area contributed by atoms with Gasteiger partial charge < -0.3 is 13.7 Å². The summed E-state index contributed by atoms with van der Waals surface area (Å²) in [4.78, 5) is 14.4. The van der Waals surface area contributed by atoms with Gasteiger partial charge in [-0.3, -0.25) is 9.89 Å². The zero-order valence-electron chi connectivity index (χ0n) is 12.1. The van der Waals surface area contributed by atoms with E-state index >= 15 is 0 Å². The molecule has 0 saturated heterocycles. The molecule has 22 heavy (non-hydrogen) atoms. The van der Waals surface area contributed by atoms with Gasteiger partial charge in [0.15, 0.2) is 11.5 Å². The summed E-state index contributed by atoms with van der Waals surface area (Å²) in [6.45, 7) is 2.70. The summed E-state index contributed by atoms with van der Waals surface area (Å²) in [5.74, 6) is 1.32. The van der Waals surface area contributed by atoms with Crippen LogP contribution in [0.2, 0.25) is 0 Å². The van der Waals surface area contributed by atoms with Crippen LogP contribution in [-0.2, 0) is 0 Å². The Morgan fingerprint density at radius 2 is 2.09 bits per heavy atom. The molecule has 1 N–H and O–H groups in total. The monoisotopic (exact) mass is 297 g/mol. The van der Waals surface area contributed by atoms with Gasteiger partial charge >= 0.3 is 0 Å². The lowest BCUT2D eigenvalue weighted by Crippen LogP contribution is -2.30. The van der Waals surface area contributed by atoms with Crippen molar-refractivity contribution in [2.24, 2.45) is 0 Å². The van der Waals surface area contributed by atoms with Gasteiger partial charge in [0.05, 0.1) is 12.5 Å². The molecule has 1 atom stereocenters. The van der Waals surface area contributed by atoms with Gasteiger partial charge in [-0.05, 0) is 30.7 Å². The number of aromatic amines is 1. The molecule has 0 aliphatic carbocycles. The van der Waals surface area contributed by atoms with E-state index in [1.165, 1.54) is 0 Å². The van der Waals surface area contributed by atoms with E-state index in [0.29, 0.717) is 18.0 Å². The van der Waals surface area contributed by atoms with Gasteiger partial charge in [-0.15, -0.1) is 0 Å². The number of nitrogens with one attached hydrogen (secondary N) is 1. The minimum absolute atomic E-state index is 0.0766. The molecule has 0 bridgehead atoms. The Morgan fingerprint density at radius 3 is 2.77 bits per heavy atom. The van der Waals surface area contributed by atoms with Crippen LogP contribution in [0.3, 0.4) is 0 Å². The molecule has 0 radical (unpaired) electrons. The first kappa shape index (κ1) is 12.9. The number of carbonyl (C=O) groups is 1. The van der Waals surface area contributed by atoms with E-state index in [1.807, 2.05) is 31.2 Å². The first-order valence-corrected chi connectivity index (χ1v) is 7.27. The molecule has 1 aliphatic heterocycles. The molecular formula is C16H15N3O3. The van der Waals surface area contributed by atoms with E-state index in [4.69, 9.17) is 8.83 Å². The highest BCUT2D eigenvalue weighted by Gasteiger charge is 2.43. The topological polar surface area (TPSA) is 75.3 Å². The summed E-state index contributed by atoms with van der Waals surface area (Å²) < 4.78 is 11.0. The third-order valence-corrected chi connectivity index (χ3v) is 3.90. The zero-order chi connectivity index (χ0) is 15.1. The first-order chi connectivity index (χ1) is 10.8. The van der Waals surface area contributed by atoms with Crippen molar-refractivity contribution >= 4 is 5.91 Å². The van der Waals surface area contributed by atoms with Gasteiger partial charge in [0, 0.05) is 12.1 Å². The normalized spacial score (nSPS) is 17.2. The van der Waals surface area contributed by atoms with Crippen molar-refractivity contribution in [1.29, 1.82) is 0 Å². The predicted molar refractivity (Wildman–Crippen MR) is 78.2 cm³/mol. The number of rotatable bonds is 4. The molecule has 6 heteroatoms. The molecule has 0 aromatic carbocycles. The number of nitrogens with zero attached hydrogens (tertiary/aromatic N) is 2. The second kappa shape index (κ2) is 4.91. The summed E-state index contributed by atoms with van der Waals surface area (Å²) in [5, 5.41) is 7.14. The number of aromatic nitrogens is 2. The maximum absolute atomic E-state index is 12.6. The predicted octanol–water partition coefficient (Wildman–Crippen LogP) is 3.22. The van der Waals surface area contributed by atoms with Gasteiger partial charge in [0.2, 0.25) is 0 Å². The van der Waals surface area contributed by atoms with Crippen LogP contribution in [-0.4, -0.2) is 27.5 Å². The van der Waals surface area contributed by atoms with E-state index in [1.54, 1.807) is 17.4 Å². The van der Waals surface area contributed by atoms with Crippen molar-refractivity contribution in [1.82, 2.24) is 15.1 Å². The maximum Gasteiger partial charge on any atom is 0.275 e. The molecule has 1 unspecified atom stereocenters. The number of amides is 1. The Morgan fingerprint density at radius 1 is 1.27 bits per heavy atom. The quantitative estimate of drug-likeness (QED) is 0.802. The molecule has 0 fully saturated rings. The largest absolute Gasteiger partial charge is 0.467 e. The Bertz CT molecular complexity index is 787. The fraction of sp³-hybridized carbons (Fsp3) is 0.250. The van der Waals surface area contributed by atoms with E-state index in [-0.39, 0.29) is 11.9 Å². The maximum atomic E-state index is 12.6. The van der Waals surface area contributed by atoms with Crippen molar-refractivity contribution < 1.29 is 13.6 Å². The smallest absolute Gasteiger partial charge is 0.275 e. The lowest BCUT2D eigenvalue weighted by atomic mass is 10.0. The second-order valence-corrected chi connectivity index (χ2v) is 5.25. The standard InChI is InChI=1S/C16H15N3O3/c1-2-7-19-15(11-6-4-9-22-11)12-13(10-5-3-8-21-10)17-18-14(12)16(19)20/h3-6,8-9,15H,2,7H2,1H3,(H,17,18). The Labute approximate surface area is 126 Å². The minimum atomic E-state index is -0.267. The van der Waals surface area contributed by atoms with Crippen molar-refractivity contribution in [3.8, 4) is 11.5 Å². The molecule has 6 nitrogen and oxygen atoms in total. The van der Waals surface area contributed by atoms with Crippen LogP contribution in [0.15, 0.2) is 45.6 Å². The Balaban J connectivity index is 1.89. The molecule has 112 valence electrons. The molecule has 4 rings (SSSR count). The minimum Gasteiger partial charge on any atom is -0.467 e. The Kier molecular flexibility index (Phi) is 2.89. The van der Waals surface area contributed by atoms with Crippen molar-refractivity contribution in [2.45, 2.75) is 19.4 Å². The van der Waals surface area contributed by atoms with Crippen LogP contribution >= 0.6 is 0 Å². The molecule has 3 aromatic heterocycles. The van der Waals surface area contributed by atoms with Crippen molar-refractivity contribution in [2.75, 3.05) is 6.54 Å². The number of fused-ring (bicyclic) bond motifs is 1. The lowest BCUT2D eigenvalue weighted by Gasteiger charge is -2.23. The molecule has 3 aromatic rings. The highest BCUT2D eigenvalue weighted by molar-refractivity contribution is 5.99. The molecule has 0 spiro atoms. The number of H-pyrrole nitrogens is 1. The van der Waals surface area contributed by atoms with Crippen LogP contribution < -0.4 is 0 Å². The van der Waals surface area contributed by atoms with Crippen LogP contribution in [0.25, 0.3) is 11.5 Å². The average molecular weight is 297 g/mol. The zero-order valence-corrected chi connectivity index (χ0v) is 12.1. The fourth-order valence-electron chi connectivity index (χ4n) is 3.01. The fourth-order valence-corrected chi connectivity index (χ4v) is 3.01. The third kappa shape index (κ3) is 1.73. The van der Waals surface area contributed by atoms with Crippen LogP contribution in [0.1, 0.15) is 41.2 Å². The van der Waals surface area contributed by atoms with Gasteiger partial charge in [0.1, 0.15) is 17.5 Å². The molecule has 1 aliphatic rings. The summed E-state index contributed by atoms with van der Waals surface area (Å²) in [5.41, 5.74) is 2.00. The molecule has 1 amide bonds. The van der Waals surface area contributed by atoms with Gasteiger partial charge in [-0.25, -0.2) is 0 Å². The van der Waals surface area contributed by atoms with E-state index < -0.39 is 0 Å². The number of carbonyl (C=O) groups excluding carboxylic acids is 1.